The van der Waals surface area contributed by atoms with Crippen molar-refractivity contribution in [3.05, 3.63) is 35.8 Å². The van der Waals surface area contributed by atoms with E-state index in [0.29, 0.717) is 6.04 Å². The summed E-state index contributed by atoms with van der Waals surface area (Å²) in [6.45, 7) is 12.3. The molecule has 0 aromatic carbocycles. The van der Waals surface area contributed by atoms with Gasteiger partial charge in [-0.25, -0.2) is 0 Å². The lowest BCUT2D eigenvalue weighted by Crippen LogP contribution is -2.45. The lowest BCUT2D eigenvalue weighted by atomic mass is 10.1. The maximum absolute atomic E-state index is 5.87. The maximum Gasteiger partial charge on any atom is 0.121 e. The molecular formula is C14H22N2O. The first kappa shape index (κ1) is 12.4. The topological polar surface area (TPSA) is 28.4 Å². The van der Waals surface area contributed by atoms with Crippen LogP contribution in [-0.4, -0.2) is 31.1 Å². The number of furan rings is 1. The molecular weight excluding hydrogens is 212 g/mol. The minimum Gasteiger partial charge on any atom is -0.464 e. The Morgan fingerprint density at radius 2 is 2.18 bits per heavy atom. The van der Waals surface area contributed by atoms with Gasteiger partial charge >= 0.3 is 0 Å². The minimum atomic E-state index is 0.349. The van der Waals surface area contributed by atoms with Gasteiger partial charge in [0.1, 0.15) is 11.5 Å². The highest BCUT2D eigenvalue weighted by atomic mass is 16.3. The van der Waals surface area contributed by atoms with E-state index in [1.54, 1.807) is 0 Å². The van der Waals surface area contributed by atoms with Gasteiger partial charge in [0, 0.05) is 26.2 Å². The number of hydrogen-bond acceptors (Lipinski definition) is 3. The highest BCUT2D eigenvalue weighted by Gasteiger charge is 2.24. The molecule has 0 aliphatic carbocycles. The monoisotopic (exact) mass is 234 g/mol. The van der Waals surface area contributed by atoms with E-state index >= 15 is 0 Å². The lowest BCUT2D eigenvalue weighted by Gasteiger charge is -2.33. The zero-order valence-corrected chi connectivity index (χ0v) is 10.8. The zero-order chi connectivity index (χ0) is 12.3. The summed E-state index contributed by atoms with van der Waals surface area (Å²) in [7, 11) is 0. The molecule has 2 heterocycles. The predicted molar refractivity (Wildman–Crippen MR) is 70.2 cm³/mol. The lowest BCUT2D eigenvalue weighted by molar-refractivity contribution is 0.154. The minimum absolute atomic E-state index is 0.349. The molecule has 0 amide bonds. The molecule has 0 radical (unpaired) electrons. The van der Waals surface area contributed by atoms with Crippen LogP contribution in [0.25, 0.3) is 0 Å². The standard InChI is InChI=1S/C14H22N2O/c1-4-5-13(16-8-6-15-7-9-16)14-10-11(2)12(3)17-14/h4,10,13,15H,1,5-9H2,2-3H3/t13-/m0/s1. The molecule has 1 aromatic heterocycles. The molecule has 1 fully saturated rings. The van der Waals surface area contributed by atoms with Crippen LogP contribution >= 0.6 is 0 Å². The number of aryl methyl sites for hydroxylation is 2. The first-order valence-corrected chi connectivity index (χ1v) is 6.35. The molecule has 0 saturated carbocycles. The van der Waals surface area contributed by atoms with E-state index in [4.69, 9.17) is 4.42 Å². The zero-order valence-electron chi connectivity index (χ0n) is 10.8. The molecule has 2 rings (SSSR count). The van der Waals surface area contributed by atoms with Crippen molar-refractivity contribution in [1.82, 2.24) is 10.2 Å². The van der Waals surface area contributed by atoms with Gasteiger partial charge in [-0.3, -0.25) is 4.90 Å². The number of nitrogens with zero attached hydrogens (tertiary/aromatic N) is 1. The molecule has 17 heavy (non-hydrogen) atoms. The van der Waals surface area contributed by atoms with Crippen molar-refractivity contribution in [2.45, 2.75) is 26.3 Å². The normalized spacial score (nSPS) is 19.2. The van der Waals surface area contributed by atoms with E-state index in [9.17, 15) is 0 Å². The van der Waals surface area contributed by atoms with Crippen molar-refractivity contribution >= 4 is 0 Å². The van der Waals surface area contributed by atoms with Crippen molar-refractivity contribution in [3.8, 4) is 0 Å². The van der Waals surface area contributed by atoms with Crippen LogP contribution in [0.15, 0.2) is 23.1 Å². The maximum atomic E-state index is 5.87. The molecule has 94 valence electrons. The Bertz CT molecular complexity index is 358. The third kappa shape index (κ3) is 2.79. The van der Waals surface area contributed by atoms with Gasteiger partial charge in [0.2, 0.25) is 0 Å². The summed E-state index contributed by atoms with van der Waals surface area (Å²) in [4.78, 5) is 2.48. The second-order valence-corrected chi connectivity index (χ2v) is 4.71. The van der Waals surface area contributed by atoms with Gasteiger partial charge in [-0.15, -0.1) is 6.58 Å². The molecule has 1 aliphatic rings. The van der Waals surface area contributed by atoms with Crippen molar-refractivity contribution in [1.29, 1.82) is 0 Å². The highest BCUT2D eigenvalue weighted by molar-refractivity contribution is 5.21. The van der Waals surface area contributed by atoms with E-state index in [2.05, 4.69) is 29.8 Å². The molecule has 0 unspecified atom stereocenters. The fourth-order valence-electron chi connectivity index (χ4n) is 2.36. The number of rotatable bonds is 4. The summed E-state index contributed by atoms with van der Waals surface area (Å²) in [6, 6.07) is 2.52. The van der Waals surface area contributed by atoms with Gasteiger partial charge in [0.25, 0.3) is 0 Å². The van der Waals surface area contributed by atoms with Crippen molar-refractivity contribution in [2.24, 2.45) is 0 Å². The molecule has 0 bridgehead atoms. The van der Waals surface area contributed by atoms with Crippen LogP contribution in [0.5, 0.6) is 0 Å². The SMILES string of the molecule is C=CC[C@@H](c1cc(C)c(C)o1)N1CCNCC1. The van der Waals surface area contributed by atoms with E-state index in [-0.39, 0.29) is 0 Å². The van der Waals surface area contributed by atoms with Crippen LogP contribution in [-0.2, 0) is 0 Å². The predicted octanol–water partition coefficient (Wildman–Crippen LogP) is 2.42. The highest BCUT2D eigenvalue weighted by Crippen LogP contribution is 2.28. The fraction of sp³-hybridized carbons (Fsp3) is 0.571. The molecule has 1 N–H and O–H groups in total. The second kappa shape index (κ2) is 5.52. The van der Waals surface area contributed by atoms with Crippen LogP contribution < -0.4 is 5.32 Å². The van der Waals surface area contributed by atoms with E-state index in [1.165, 1.54) is 5.56 Å². The largest absolute Gasteiger partial charge is 0.464 e. The molecule has 1 aromatic rings. The average molecular weight is 234 g/mol. The Morgan fingerprint density at radius 1 is 1.47 bits per heavy atom. The van der Waals surface area contributed by atoms with Gasteiger partial charge < -0.3 is 9.73 Å². The molecule has 1 saturated heterocycles. The first-order chi connectivity index (χ1) is 8.22. The number of hydrogen-bond donors (Lipinski definition) is 1. The van der Waals surface area contributed by atoms with E-state index < -0.39 is 0 Å². The second-order valence-electron chi connectivity index (χ2n) is 4.71. The van der Waals surface area contributed by atoms with Crippen LogP contribution in [0.4, 0.5) is 0 Å². The summed E-state index contributed by atoms with van der Waals surface area (Å²) in [5, 5.41) is 3.38. The van der Waals surface area contributed by atoms with Crippen molar-refractivity contribution < 1.29 is 4.42 Å². The third-order valence-electron chi connectivity index (χ3n) is 3.50. The molecule has 3 heteroatoms. The van der Waals surface area contributed by atoms with Gasteiger partial charge in [0.05, 0.1) is 6.04 Å². The van der Waals surface area contributed by atoms with Crippen molar-refractivity contribution in [2.75, 3.05) is 26.2 Å². The third-order valence-corrected chi connectivity index (χ3v) is 3.50. The first-order valence-electron chi connectivity index (χ1n) is 6.35. The van der Waals surface area contributed by atoms with Crippen LogP contribution in [0.1, 0.15) is 29.5 Å². The van der Waals surface area contributed by atoms with E-state index in [0.717, 1.165) is 44.1 Å². The Morgan fingerprint density at radius 3 is 2.71 bits per heavy atom. The average Bonchev–Trinajstić information content (AvgIpc) is 2.67. The summed E-state index contributed by atoms with van der Waals surface area (Å²) in [5.41, 5.74) is 1.24. The number of piperazine rings is 1. The van der Waals surface area contributed by atoms with Crippen LogP contribution in [0.2, 0.25) is 0 Å². The molecule has 1 aliphatic heterocycles. The van der Waals surface area contributed by atoms with Gasteiger partial charge in [-0.1, -0.05) is 6.08 Å². The summed E-state index contributed by atoms with van der Waals surface area (Å²) < 4.78 is 5.87. The number of nitrogens with one attached hydrogen (secondary N) is 1. The molecule has 0 spiro atoms. The summed E-state index contributed by atoms with van der Waals surface area (Å²) in [6.07, 6.45) is 2.94. The van der Waals surface area contributed by atoms with Crippen molar-refractivity contribution in [3.63, 3.8) is 0 Å². The quantitative estimate of drug-likeness (QED) is 0.811. The molecule has 1 atom stereocenters. The summed E-state index contributed by atoms with van der Waals surface area (Å²) in [5.74, 6) is 2.12. The smallest absolute Gasteiger partial charge is 0.121 e. The van der Waals surface area contributed by atoms with E-state index in [1.807, 2.05) is 13.0 Å². The van der Waals surface area contributed by atoms with Gasteiger partial charge in [-0.2, -0.15) is 0 Å². The van der Waals surface area contributed by atoms with Gasteiger partial charge in [-0.05, 0) is 31.9 Å². The Kier molecular flexibility index (Phi) is 4.02. The van der Waals surface area contributed by atoms with Crippen LogP contribution in [0.3, 0.4) is 0 Å². The van der Waals surface area contributed by atoms with Crippen LogP contribution in [0, 0.1) is 13.8 Å². The van der Waals surface area contributed by atoms with Gasteiger partial charge in [0.15, 0.2) is 0 Å². The Hall–Kier alpha value is -1.06. The summed E-state index contributed by atoms with van der Waals surface area (Å²) >= 11 is 0. The fourth-order valence-corrected chi connectivity index (χ4v) is 2.36. The Labute approximate surface area is 103 Å². The Balaban J connectivity index is 2.17. The molecule has 3 nitrogen and oxygen atoms in total.